The molecule has 0 N–H and O–H groups in total. The van der Waals surface area contributed by atoms with Crippen LogP contribution >= 0.6 is 11.6 Å². The molecule has 0 saturated carbocycles. The molecule has 9 heteroatoms. The predicted octanol–water partition coefficient (Wildman–Crippen LogP) is 3.82. The van der Waals surface area contributed by atoms with E-state index < -0.39 is 27.5 Å². The van der Waals surface area contributed by atoms with Crippen molar-refractivity contribution in [1.29, 1.82) is 0 Å². The molecule has 146 valence electrons. The molecule has 0 aromatic heterocycles. The summed E-state index contributed by atoms with van der Waals surface area (Å²) in [5, 5.41) is 0.0406. The predicted molar refractivity (Wildman–Crippen MR) is 96.5 cm³/mol. The largest absolute Gasteiger partial charge is 0.294 e. The summed E-state index contributed by atoms with van der Waals surface area (Å²) < 4.78 is 66.3. The number of rotatable bonds is 4. The highest BCUT2D eigenvalue weighted by atomic mass is 35.5. The van der Waals surface area contributed by atoms with Crippen molar-refractivity contribution in [2.24, 2.45) is 0 Å². The van der Waals surface area contributed by atoms with Gasteiger partial charge in [0.25, 0.3) is 0 Å². The van der Waals surface area contributed by atoms with E-state index in [1.54, 1.807) is 12.1 Å². The number of halogens is 4. The molecule has 0 spiro atoms. The van der Waals surface area contributed by atoms with E-state index in [-0.39, 0.29) is 29.0 Å². The molecular weight excluding hydrogens is 401 g/mol. The van der Waals surface area contributed by atoms with Crippen LogP contribution < -0.4 is 0 Å². The quantitative estimate of drug-likeness (QED) is 0.757. The molecule has 1 aliphatic heterocycles. The van der Waals surface area contributed by atoms with E-state index >= 15 is 0 Å². The van der Waals surface area contributed by atoms with Crippen molar-refractivity contribution in [2.75, 3.05) is 26.2 Å². The zero-order chi connectivity index (χ0) is 19.8. The summed E-state index contributed by atoms with van der Waals surface area (Å²) in [6.45, 7) is 3.24. The highest BCUT2D eigenvalue weighted by Gasteiger charge is 2.31. The van der Waals surface area contributed by atoms with Gasteiger partial charge in [0.15, 0.2) is 11.6 Å². The Morgan fingerprint density at radius 3 is 2.15 bits per heavy atom. The first-order valence-corrected chi connectivity index (χ1v) is 10.2. The van der Waals surface area contributed by atoms with Crippen LogP contribution in [0.3, 0.4) is 0 Å². The van der Waals surface area contributed by atoms with Crippen LogP contribution in [0, 0.1) is 17.5 Å². The van der Waals surface area contributed by atoms with Gasteiger partial charge in [0, 0.05) is 32.2 Å². The van der Waals surface area contributed by atoms with Crippen molar-refractivity contribution in [1.82, 2.24) is 9.21 Å². The Morgan fingerprint density at radius 1 is 0.926 bits per heavy atom. The summed E-state index contributed by atoms with van der Waals surface area (Å²) in [5.74, 6) is -2.78. The van der Waals surface area contributed by atoms with E-state index in [1.165, 1.54) is 10.4 Å². The third kappa shape index (κ3) is 4.13. The zero-order valence-electron chi connectivity index (χ0n) is 14.5. The van der Waals surface area contributed by atoms with Crippen molar-refractivity contribution in [2.45, 2.75) is 17.9 Å². The van der Waals surface area contributed by atoms with Gasteiger partial charge in [-0.2, -0.15) is 4.31 Å². The van der Waals surface area contributed by atoms with E-state index in [4.69, 9.17) is 11.6 Å². The first kappa shape index (κ1) is 20.1. The molecule has 0 radical (unpaired) electrons. The van der Waals surface area contributed by atoms with E-state index in [2.05, 4.69) is 4.90 Å². The maximum Gasteiger partial charge on any atom is 0.243 e. The summed E-state index contributed by atoms with van der Waals surface area (Å²) >= 11 is 5.83. The summed E-state index contributed by atoms with van der Waals surface area (Å²) in [4.78, 5) is 1.79. The molecule has 0 amide bonds. The second kappa shape index (κ2) is 7.79. The molecule has 3 rings (SSSR count). The average Bonchev–Trinajstić information content (AvgIpc) is 2.65. The molecule has 2 aromatic rings. The maximum absolute atomic E-state index is 13.4. The number of nitrogens with zero attached hydrogens (tertiary/aromatic N) is 2. The zero-order valence-corrected chi connectivity index (χ0v) is 16.1. The minimum absolute atomic E-state index is 0.0406. The molecule has 1 atom stereocenters. The SMILES string of the molecule is CC(c1ccc(F)c(Cl)c1)N1CCN(S(=O)(=O)c2ccc(F)c(F)c2)CC1. The Balaban J connectivity index is 1.70. The van der Waals surface area contributed by atoms with Gasteiger partial charge in [-0.15, -0.1) is 0 Å². The van der Waals surface area contributed by atoms with Gasteiger partial charge < -0.3 is 0 Å². The summed E-state index contributed by atoms with van der Waals surface area (Å²) in [5.41, 5.74) is 0.832. The van der Waals surface area contributed by atoms with E-state index in [0.717, 1.165) is 17.7 Å². The molecule has 4 nitrogen and oxygen atoms in total. The number of sulfonamides is 1. The third-order valence-corrected chi connectivity index (χ3v) is 6.96. The lowest BCUT2D eigenvalue weighted by Gasteiger charge is -2.37. The Bertz CT molecular complexity index is 948. The van der Waals surface area contributed by atoms with Crippen LogP contribution in [0.4, 0.5) is 13.2 Å². The fourth-order valence-corrected chi connectivity index (χ4v) is 4.72. The van der Waals surface area contributed by atoms with Crippen molar-refractivity contribution >= 4 is 21.6 Å². The monoisotopic (exact) mass is 418 g/mol. The van der Waals surface area contributed by atoms with Crippen LogP contribution in [0.5, 0.6) is 0 Å². The van der Waals surface area contributed by atoms with E-state index in [0.29, 0.717) is 19.2 Å². The lowest BCUT2D eigenvalue weighted by atomic mass is 10.1. The van der Waals surface area contributed by atoms with Gasteiger partial charge in [0.1, 0.15) is 5.82 Å². The normalized spacial score (nSPS) is 17.8. The standard InChI is InChI=1S/C18H18ClF3N2O2S/c1-12(13-2-4-16(20)15(19)10-13)23-6-8-24(9-7-23)27(25,26)14-3-5-17(21)18(22)11-14/h2-5,10-12H,6-9H2,1H3. The Hall–Kier alpha value is -1.61. The van der Waals surface area contributed by atoms with Gasteiger partial charge >= 0.3 is 0 Å². The maximum atomic E-state index is 13.4. The molecule has 27 heavy (non-hydrogen) atoms. The molecule has 0 bridgehead atoms. The summed E-state index contributed by atoms with van der Waals surface area (Å²) in [6, 6.07) is 7.00. The van der Waals surface area contributed by atoms with Gasteiger partial charge in [-0.05, 0) is 42.8 Å². The average molecular weight is 419 g/mol. The van der Waals surface area contributed by atoms with Crippen LogP contribution in [0.25, 0.3) is 0 Å². The Labute approximate surface area is 161 Å². The molecular formula is C18H18ClF3N2O2S. The molecule has 1 saturated heterocycles. The first-order chi connectivity index (χ1) is 12.7. The highest BCUT2D eigenvalue weighted by molar-refractivity contribution is 7.89. The first-order valence-electron chi connectivity index (χ1n) is 8.34. The number of hydrogen-bond acceptors (Lipinski definition) is 3. The second-order valence-corrected chi connectivity index (χ2v) is 8.71. The van der Waals surface area contributed by atoms with Crippen LogP contribution in [0.2, 0.25) is 5.02 Å². The van der Waals surface area contributed by atoms with Crippen molar-refractivity contribution < 1.29 is 21.6 Å². The van der Waals surface area contributed by atoms with Gasteiger partial charge in [0.05, 0.1) is 9.92 Å². The lowest BCUT2D eigenvalue weighted by molar-refractivity contribution is 0.146. The second-order valence-electron chi connectivity index (χ2n) is 6.37. The molecule has 1 unspecified atom stereocenters. The summed E-state index contributed by atoms with van der Waals surface area (Å²) in [7, 11) is -3.90. The van der Waals surface area contributed by atoms with Gasteiger partial charge in [0.2, 0.25) is 10.0 Å². The third-order valence-electron chi connectivity index (χ3n) is 4.78. The van der Waals surface area contributed by atoms with Crippen LogP contribution in [-0.4, -0.2) is 43.8 Å². The van der Waals surface area contributed by atoms with Gasteiger partial charge in [-0.25, -0.2) is 21.6 Å². The van der Waals surface area contributed by atoms with Gasteiger partial charge in [-0.3, -0.25) is 4.90 Å². The minimum Gasteiger partial charge on any atom is -0.294 e. The Kier molecular flexibility index (Phi) is 5.81. The minimum atomic E-state index is -3.90. The van der Waals surface area contributed by atoms with Crippen LogP contribution in [0.1, 0.15) is 18.5 Å². The van der Waals surface area contributed by atoms with Crippen molar-refractivity contribution in [3.05, 3.63) is 64.4 Å². The van der Waals surface area contributed by atoms with Crippen molar-refractivity contribution in [3.63, 3.8) is 0 Å². The van der Waals surface area contributed by atoms with Crippen LogP contribution in [-0.2, 0) is 10.0 Å². The molecule has 0 aliphatic carbocycles. The number of piperazine rings is 1. The highest BCUT2D eigenvalue weighted by Crippen LogP contribution is 2.27. The molecule has 1 fully saturated rings. The van der Waals surface area contributed by atoms with Gasteiger partial charge in [-0.1, -0.05) is 17.7 Å². The van der Waals surface area contributed by atoms with E-state index in [1.807, 2.05) is 6.92 Å². The van der Waals surface area contributed by atoms with Crippen LogP contribution in [0.15, 0.2) is 41.3 Å². The summed E-state index contributed by atoms with van der Waals surface area (Å²) in [6.07, 6.45) is 0. The fraction of sp³-hybridized carbons (Fsp3) is 0.333. The van der Waals surface area contributed by atoms with Crippen molar-refractivity contribution in [3.8, 4) is 0 Å². The molecule has 1 aliphatic rings. The number of benzene rings is 2. The Morgan fingerprint density at radius 2 is 1.56 bits per heavy atom. The van der Waals surface area contributed by atoms with E-state index in [9.17, 15) is 21.6 Å². The smallest absolute Gasteiger partial charge is 0.243 e. The molecule has 2 aromatic carbocycles. The molecule has 1 heterocycles. The topological polar surface area (TPSA) is 40.6 Å². The lowest BCUT2D eigenvalue weighted by Crippen LogP contribution is -2.49. The number of hydrogen-bond donors (Lipinski definition) is 0. The fourth-order valence-electron chi connectivity index (χ4n) is 3.10.